The summed E-state index contributed by atoms with van der Waals surface area (Å²) in [6.45, 7) is 4.48. The van der Waals surface area contributed by atoms with E-state index in [4.69, 9.17) is 4.74 Å². The van der Waals surface area contributed by atoms with Gasteiger partial charge in [-0.1, -0.05) is 57.7 Å². The molecule has 0 unspecified atom stereocenters. The Kier molecular flexibility index (Phi) is 6.74. The van der Waals surface area contributed by atoms with Gasteiger partial charge in [0.1, 0.15) is 0 Å². The molecule has 2 nitrogen and oxygen atoms in total. The van der Waals surface area contributed by atoms with E-state index >= 15 is 0 Å². The molecular weight excluding hydrogens is 394 g/mol. The number of carbonyl (C=O) groups is 1. The Balaban J connectivity index is 1.43. The van der Waals surface area contributed by atoms with Gasteiger partial charge in [0.05, 0.1) is 5.56 Å². The molecule has 0 saturated heterocycles. The highest BCUT2D eigenvalue weighted by Crippen LogP contribution is 2.39. The van der Waals surface area contributed by atoms with E-state index in [1.807, 2.05) is 12.1 Å². The summed E-state index contributed by atoms with van der Waals surface area (Å²) in [5, 5.41) is 0. The summed E-state index contributed by atoms with van der Waals surface area (Å²) in [5.41, 5.74) is 1.97. The maximum Gasteiger partial charge on any atom is 0.343 e. The lowest BCUT2D eigenvalue weighted by Crippen LogP contribution is -2.14. The second-order valence-corrected chi connectivity index (χ2v) is 9.71. The first-order valence-electron chi connectivity index (χ1n) is 11.7. The lowest BCUT2D eigenvalue weighted by molar-refractivity contribution is 0.0726. The van der Waals surface area contributed by atoms with Gasteiger partial charge < -0.3 is 4.74 Å². The van der Waals surface area contributed by atoms with Gasteiger partial charge in [-0.25, -0.2) is 9.18 Å². The van der Waals surface area contributed by atoms with E-state index in [1.54, 1.807) is 18.2 Å². The van der Waals surface area contributed by atoms with Crippen LogP contribution in [0.1, 0.15) is 98.5 Å². The van der Waals surface area contributed by atoms with E-state index in [-0.39, 0.29) is 11.7 Å². The number of esters is 1. The number of halogens is 2. The summed E-state index contributed by atoms with van der Waals surface area (Å²) in [5.74, 6) is -0.980. The fourth-order valence-corrected chi connectivity index (χ4v) is 5.16. The number of hydrogen-bond acceptors (Lipinski definition) is 2. The molecule has 2 aliphatic rings. The molecule has 0 radical (unpaired) electrons. The second kappa shape index (κ2) is 9.50. The molecule has 2 aromatic carbocycles. The van der Waals surface area contributed by atoms with Crippen LogP contribution in [0.3, 0.4) is 0 Å². The first-order chi connectivity index (χ1) is 14.9. The monoisotopic (exact) mass is 426 g/mol. The molecule has 31 heavy (non-hydrogen) atoms. The summed E-state index contributed by atoms with van der Waals surface area (Å²) in [7, 11) is 0. The van der Waals surface area contributed by atoms with E-state index < -0.39 is 17.6 Å². The Labute approximate surface area is 184 Å². The third kappa shape index (κ3) is 4.99. The Morgan fingerprint density at radius 3 is 1.87 bits per heavy atom. The van der Waals surface area contributed by atoms with Crippen LogP contribution in [0.15, 0.2) is 36.4 Å². The molecule has 0 amide bonds. The Morgan fingerprint density at radius 1 is 0.742 bits per heavy atom. The number of hydrogen-bond donors (Lipinski definition) is 0. The predicted octanol–water partition coefficient (Wildman–Crippen LogP) is 7.77. The maximum absolute atomic E-state index is 14.7. The standard InChI is InChI=1S/C27H32F2O2/c1-17-3-7-19(8-4-17)20-11-13-22(14-12-20)27(30)31-24-16-15-23(25(28)26(24)29)21-9-5-18(2)6-10-21/h11-19,21H,3-10H2,1-2H3. The molecule has 0 bridgehead atoms. The van der Waals surface area contributed by atoms with Gasteiger partial charge in [0.25, 0.3) is 0 Å². The molecule has 166 valence electrons. The molecule has 0 spiro atoms. The van der Waals surface area contributed by atoms with Crippen molar-refractivity contribution < 1.29 is 18.3 Å². The van der Waals surface area contributed by atoms with Crippen LogP contribution in [0, 0.1) is 23.5 Å². The minimum absolute atomic E-state index is 0.0331. The lowest BCUT2D eigenvalue weighted by atomic mass is 9.79. The topological polar surface area (TPSA) is 26.3 Å². The summed E-state index contributed by atoms with van der Waals surface area (Å²) in [4.78, 5) is 12.5. The molecule has 0 atom stereocenters. The van der Waals surface area contributed by atoms with Crippen LogP contribution in [0.25, 0.3) is 0 Å². The normalized spacial score (nSPS) is 26.5. The molecule has 0 aromatic heterocycles. The van der Waals surface area contributed by atoms with Gasteiger partial charge in [-0.2, -0.15) is 4.39 Å². The van der Waals surface area contributed by atoms with E-state index in [1.165, 1.54) is 37.3 Å². The molecule has 0 aliphatic heterocycles. The van der Waals surface area contributed by atoms with Crippen LogP contribution < -0.4 is 4.74 Å². The zero-order chi connectivity index (χ0) is 22.0. The molecule has 0 heterocycles. The molecule has 4 heteroatoms. The SMILES string of the molecule is CC1CCC(c2ccc(C(=O)Oc3ccc(C4CCC(C)CC4)c(F)c3F)cc2)CC1. The van der Waals surface area contributed by atoms with Crippen LogP contribution in [0.5, 0.6) is 5.75 Å². The Morgan fingerprint density at radius 2 is 1.29 bits per heavy atom. The van der Waals surface area contributed by atoms with Gasteiger partial charge >= 0.3 is 5.97 Å². The van der Waals surface area contributed by atoms with Crippen LogP contribution in [-0.4, -0.2) is 5.97 Å². The maximum atomic E-state index is 14.7. The van der Waals surface area contributed by atoms with Gasteiger partial charge in [0.15, 0.2) is 11.6 Å². The quantitative estimate of drug-likeness (QED) is 0.369. The molecule has 4 rings (SSSR count). The average molecular weight is 427 g/mol. The molecule has 2 saturated carbocycles. The number of carbonyl (C=O) groups excluding carboxylic acids is 1. The number of rotatable bonds is 4. The van der Waals surface area contributed by atoms with Crippen molar-refractivity contribution in [2.24, 2.45) is 11.8 Å². The minimum Gasteiger partial charge on any atom is -0.420 e. The van der Waals surface area contributed by atoms with Gasteiger partial charge in [-0.3, -0.25) is 0 Å². The molecule has 2 fully saturated rings. The second-order valence-electron chi connectivity index (χ2n) is 9.71. The number of benzene rings is 2. The first-order valence-corrected chi connectivity index (χ1v) is 11.7. The Bertz CT molecular complexity index is 906. The van der Waals surface area contributed by atoms with Crippen molar-refractivity contribution in [3.63, 3.8) is 0 Å². The van der Waals surface area contributed by atoms with Crippen molar-refractivity contribution in [3.8, 4) is 5.75 Å². The van der Waals surface area contributed by atoms with Gasteiger partial charge in [-0.05, 0) is 78.7 Å². The van der Waals surface area contributed by atoms with Gasteiger partial charge in [0, 0.05) is 0 Å². The Hall–Kier alpha value is -2.23. The van der Waals surface area contributed by atoms with Crippen molar-refractivity contribution in [1.82, 2.24) is 0 Å². The first kappa shape index (κ1) is 22.0. The number of ether oxygens (including phenoxy) is 1. The average Bonchev–Trinajstić information content (AvgIpc) is 2.78. The lowest BCUT2D eigenvalue weighted by Gasteiger charge is -2.27. The van der Waals surface area contributed by atoms with Crippen molar-refractivity contribution in [2.45, 2.75) is 77.0 Å². The van der Waals surface area contributed by atoms with Crippen LogP contribution in [0.4, 0.5) is 8.78 Å². The summed E-state index contributed by atoms with van der Waals surface area (Å²) in [6.07, 6.45) is 8.58. The van der Waals surface area contributed by atoms with Crippen molar-refractivity contribution >= 4 is 5.97 Å². The zero-order valence-corrected chi connectivity index (χ0v) is 18.5. The van der Waals surface area contributed by atoms with E-state index in [9.17, 15) is 13.6 Å². The zero-order valence-electron chi connectivity index (χ0n) is 18.5. The smallest absolute Gasteiger partial charge is 0.343 e. The van der Waals surface area contributed by atoms with E-state index in [0.717, 1.165) is 31.6 Å². The highest BCUT2D eigenvalue weighted by atomic mass is 19.2. The summed E-state index contributed by atoms with van der Waals surface area (Å²) < 4.78 is 34.6. The largest absolute Gasteiger partial charge is 0.420 e. The van der Waals surface area contributed by atoms with Crippen molar-refractivity contribution in [3.05, 3.63) is 64.7 Å². The molecule has 2 aliphatic carbocycles. The van der Waals surface area contributed by atoms with E-state index in [2.05, 4.69) is 13.8 Å². The fourth-order valence-electron chi connectivity index (χ4n) is 5.16. The summed E-state index contributed by atoms with van der Waals surface area (Å²) in [6, 6.07) is 10.3. The molecule has 0 N–H and O–H groups in total. The third-order valence-electron chi connectivity index (χ3n) is 7.37. The van der Waals surface area contributed by atoms with Crippen molar-refractivity contribution in [2.75, 3.05) is 0 Å². The predicted molar refractivity (Wildman–Crippen MR) is 119 cm³/mol. The molecular formula is C27H32F2O2. The highest BCUT2D eigenvalue weighted by molar-refractivity contribution is 5.91. The third-order valence-corrected chi connectivity index (χ3v) is 7.37. The summed E-state index contributed by atoms with van der Waals surface area (Å²) >= 11 is 0. The van der Waals surface area contributed by atoms with Crippen LogP contribution >= 0.6 is 0 Å². The van der Waals surface area contributed by atoms with Crippen LogP contribution in [0.2, 0.25) is 0 Å². The van der Waals surface area contributed by atoms with Gasteiger partial charge in [-0.15, -0.1) is 0 Å². The molecule has 2 aromatic rings. The fraction of sp³-hybridized carbons (Fsp3) is 0.519. The minimum atomic E-state index is -1.07. The highest BCUT2D eigenvalue weighted by Gasteiger charge is 2.26. The van der Waals surface area contributed by atoms with E-state index in [0.29, 0.717) is 23.0 Å². The van der Waals surface area contributed by atoms with Gasteiger partial charge in [0.2, 0.25) is 5.82 Å². The van der Waals surface area contributed by atoms with Crippen LogP contribution in [-0.2, 0) is 0 Å². The van der Waals surface area contributed by atoms with Crippen molar-refractivity contribution in [1.29, 1.82) is 0 Å².